The lowest BCUT2D eigenvalue weighted by Crippen LogP contribution is -2.53. The Hall–Kier alpha value is -1.79. The molecule has 1 heterocycles. The van der Waals surface area contributed by atoms with Crippen LogP contribution in [0.3, 0.4) is 0 Å². The summed E-state index contributed by atoms with van der Waals surface area (Å²) in [7, 11) is 0. The average molecular weight is 325 g/mol. The molecule has 0 bridgehead atoms. The number of hydrogen-bond acceptors (Lipinski definition) is 3. The smallest absolute Gasteiger partial charge is 0.317 e. The van der Waals surface area contributed by atoms with E-state index in [-0.39, 0.29) is 29.8 Å². The SMILES string of the molecule is CC(C)CNC(=O)N1CCCC(C(=O)NC2CC(C(=O)O)C2)C1. The number of urea groups is 1. The molecule has 1 atom stereocenters. The van der Waals surface area contributed by atoms with Crippen LogP contribution in [-0.2, 0) is 9.59 Å². The number of carboxylic acid groups (broad SMARTS) is 1. The number of carbonyl (C=O) groups excluding carboxylic acids is 2. The molecule has 3 N–H and O–H groups in total. The summed E-state index contributed by atoms with van der Waals surface area (Å²) in [4.78, 5) is 36.9. The lowest BCUT2D eigenvalue weighted by Gasteiger charge is -2.36. The van der Waals surface area contributed by atoms with Gasteiger partial charge in [-0.1, -0.05) is 13.8 Å². The largest absolute Gasteiger partial charge is 0.481 e. The molecule has 130 valence electrons. The summed E-state index contributed by atoms with van der Waals surface area (Å²) in [6.07, 6.45) is 2.60. The Balaban J connectivity index is 1.76. The van der Waals surface area contributed by atoms with Crippen molar-refractivity contribution < 1.29 is 19.5 Å². The normalized spacial score (nSPS) is 27.3. The fourth-order valence-corrected chi connectivity index (χ4v) is 3.04. The predicted molar refractivity (Wildman–Crippen MR) is 84.8 cm³/mol. The van der Waals surface area contributed by atoms with Gasteiger partial charge in [0.25, 0.3) is 0 Å². The third kappa shape index (κ3) is 4.84. The first-order chi connectivity index (χ1) is 10.9. The predicted octanol–water partition coefficient (Wildman–Crippen LogP) is 1.04. The number of nitrogens with one attached hydrogen (secondary N) is 2. The summed E-state index contributed by atoms with van der Waals surface area (Å²) in [6, 6.07) is -0.139. The highest BCUT2D eigenvalue weighted by atomic mass is 16.4. The standard InChI is InChI=1S/C16H27N3O4/c1-10(2)8-17-16(23)19-5-3-4-11(9-19)14(20)18-13-6-12(7-13)15(21)22/h10-13H,3-9H2,1-2H3,(H,17,23)(H,18,20)(H,21,22). The summed E-state index contributed by atoms with van der Waals surface area (Å²) in [5, 5.41) is 14.7. The van der Waals surface area contributed by atoms with Crippen molar-refractivity contribution in [1.29, 1.82) is 0 Å². The van der Waals surface area contributed by atoms with Gasteiger partial charge in [-0.25, -0.2) is 4.79 Å². The number of rotatable bonds is 5. The molecule has 0 radical (unpaired) electrons. The number of nitrogens with zero attached hydrogens (tertiary/aromatic N) is 1. The molecule has 0 aromatic heterocycles. The van der Waals surface area contributed by atoms with Crippen molar-refractivity contribution in [2.45, 2.75) is 45.6 Å². The van der Waals surface area contributed by atoms with E-state index in [4.69, 9.17) is 5.11 Å². The maximum Gasteiger partial charge on any atom is 0.317 e. The maximum absolute atomic E-state index is 12.3. The van der Waals surface area contributed by atoms with Gasteiger partial charge in [-0.15, -0.1) is 0 Å². The lowest BCUT2D eigenvalue weighted by atomic mass is 9.80. The van der Waals surface area contributed by atoms with Crippen molar-refractivity contribution in [3.05, 3.63) is 0 Å². The highest BCUT2D eigenvalue weighted by molar-refractivity contribution is 5.81. The van der Waals surface area contributed by atoms with E-state index in [2.05, 4.69) is 10.6 Å². The Morgan fingerprint density at radius 3 is 2.52 bits per heavy atom. The second kappa shape index (κ2) is 7.66. The van der Waals surface area contributed by atoms with Crippen LogP contribution >= 0.6 is 0 Å². The molecule has 1 saturated carbocycles. The number of aliphatic carboxylic acids is 1. The molecule has 2 aliphatic rings. The number of amides is 3. The van der Waals surface area contributed by atoms with Crippen LogP contribution in [0.25, 0.3) is 0 Å². The van der Waals surface area contributed by atoms with Crippen LogP contribution in [0, 0.1) is 17.8 Å². The van der Waals surface area contributed by atoms with Gasteiger partial charge in [0.1, 0.15) is 0 Å². The van der Waals surface area contributed by atoms with E-state index in [1.807, 2.05) is 13.8 Å². The molecular formula is C16H27N3O4. The van der Waals surface area contributed by atoms with Gasteiger partial charge in [-0.3, -0.25) is 9.59 Å². The molecule has 3 amide bonds. The molecule has 1 unspecified atom stereocenters. The Labute approximate surface area is 136 Å². The van der Waals surface area contributed by atoms with E-state index in [9.17, 15) is 14.4 Å². The quantitative estimate of drug-likeness (QED) is 0.703. The zero-order valence-corrected chi connectivity index (χ0v) is 13.9. The molecule has 0 spiro atoms. The van der Waals surface area contributed by atoms with Crippen LogP contribution in [0.1, 0.15) is 39.5 Å². The molecule has 2 rings (SSSR count). The molecule has 0 aromatic rings. The van der Waals surface area contributed by atoms with Gasteiger partial charge in [-0.2, -0.15) is 0 Å². The average Bonchev–Trinajstić information content (AvgIpc) is 2.47. The minimum absolute atomic E-state index is 0.0336. The number of carbonyl (C=O) groups is 3. The summed E-state index contributed by atoms with van der Waals surface area (Å²) < 4.78 is 0. The molecule has 1 aliphatic heterocycles. The van der Waals surface area contributed by atoms with Crippen LogP contribution in [0.5, 0.6) is 0 Å². The van der Waals surface area contributed by atoms with Gasteiger partial charge in [0.2, 0.25) is 5.91 Å². The second-order valence-electron chi connectivity index (χ2n) is 7.08. The fourth-order valence-electron chi connectivity index (χ4n) is 3.04. The maximum atomic E-state index is 12.3. The van der Waals surface area contributed by atoms with Crippen molar-refractivity contribution in [1.82, 2.24) is 15.5 Å². The van der Waals surface area contributed by atoms with Gasteiger partial charge in [0.05, 0.1) is 11.8 Å². The van der Waals surface area contributed by atoms with Gasteiger partial charge in [0, 0.05) is 25.7 Å². The Bertz CT molecular complexity index is 460. The topological polar surface area (TPSA) is 98.7 Å². The summed E-state index contributed by atoms with van der Waals surface area (Å²) in [5.74, 6) is -0.979. The van der Waals surface area contributed by atoms with E-state index in [1.165, 1.54) is 0 Å². The van der Waals surface area contributed by atoms with Gasteiger partial charge < -0.3 is 20.6 Å². The minimum Gasteiger partial charge on any atom is -0.481 e. The Morgan fingerprint density at radius 1 is 1.22 bits per heavy atom. The summed E-state index contributed by atoms with van der Waals surface area (Å²) in [5.41, 5.74) is 0. The van der Waals surface area contributed by atoms with E-state index in [0.717, 1.165) is 12.8 Å². The molecule has 1 aliphatic carbocycles. The Kier molecular flexibility index (Phi) is 5.85. The summed E-state index contributed by atoms with van der Waals surface area (Å²) in [6.45, 7) is 5.82. The molecule has 0 aromatic carbocycles. The zero-order chi connectivity index (χ0) is 17.0. The first-order valence-corrected chi connectivity index (χ1v) is 8.42. The van der Waals surface area contributed by atoms with E-state index in [1.54, 1.807) is 4.90 Å². The van der Waals surface area contributed by atoms with Crippen molar-refractivity contribution >= 4 is 17.9 Å². The fraction of sp³-hybridized carbons (Fsp3) is 0.812. The number of likely N-dealkylation sites (tertiary alicyclic amines) is 1. The van der Waals surface area contributed by atoms with Crippen LogP contribution < -0.4 is 10.6 Å². The van der Waals surface area contributed by atoms with Crippen molar-refractivity contribution in [2.75, 3.05) is 19.6 Å². The highest BCUT2D eigenvalue weighted by Crippen LogP contribution is 2.28. The molecular weight excluding hydrogens is 298 g/mol. The number of hydrogen-bond donors (Lipinski definition) is 3. The third-order valence-corrected chi connectivity index (χ3v) is 4.57. The van der Waals surface area contributed by atoms with Crippen LogP contribution in [0.4, 0.5) is 4.79 Å². The minimum atomic E-state index is -0.791. The zero-order valence-electron chi connectivity index (χ0n) is 13.9. The molecule has 2 fully saturated rings. The highest BCUT2D eigenvalue weighted by Gasteiger charge is 2.37. The monoisotopic (exact) mass is 325 g/mol. The Morgan fingerprint density at radius 2 is 1.91 bits per heavy atom. The third-order valence-electron chi connectivity index (χ3n) is 4.57. The molecule has 7 nitrogen and oxygen atoms in total. The van der Waals surface area contributed by atoms with Gasteiger partial charge >= 0.3 is 12.0 Å². The van der Waals surface area contributed by atoms with Gasteiger partial charge in [-0.05, 0) is 31.6 Å². The van der Waals surface area contributed by atoms with Crippen LogP contribution in [-0.4, -0.2) is 53.6 Å². The second-order valence-corrected chi connectivity index (χ2v) is 7.08. The van der Waals surface area contributed by atoms with Crippen LogP contribution in [0.2, 0.25) is 0 Å². The first-order valence-electron chi connectivity index (χ1n) is 8.42. The van der Waals surface area contributed by atoms with Crippen molar-refractivity contribution in [2.24, 2.45) is 17.8 Å². The number of piperidine rings is 1. The lowest BCUT2D eigenvalue weighted by molar-refractivity contribution is -0.146. The van der Waals surface area contributed by atoms with Crippen LogP contribution in [0.15, 0.2) is 0 Å². The van der Waals surface area contributed by atoms with Crippen molar-refractivity contribution in [3.63, 3.8) is 0 Å². The first kappa shape index (κ1) is 17.6. The summed E-state index contributed by atoms with van der Waals surface area (Å²) >= 11 is 0. The van der Waals surface area contributed by atoms with Crippen molar-refractivity contribution in [3.8, 4) is 0 Å². The molecule has 1 saturated heterocycles. The van der Waals surface area contributed by atoms with Gasteiger partial charge in [0.15, 0.2) is 0 Å². The molecule has 23 heavy (non-hydrogen) atoms. The van der Waals surface area contributed by atoms with E-state index < -0.39 is 5.97 Å². The van der Waals surface area contributed by atoms with E-state index in [0.29, 0.717) is 38.4 Å². The van der Waals surface area contributed by atoms with E-state index >= 15 is 0 Å². The molecule has 7 heteroatoms. The number of carboxylic acids is 1.